The molecule has 102 valence electrons. The maximum Gasteiger partial charge on any atom is 0.129 e. The van der Waals surface area contributed by atoms with Gasteiger partial charge in [0, 0.05) is 24.2 Å². The van der Waals surface area contributed by atoms with Crippen molar-refractivity contribution in [1.82, 2.24) is 4.90 Å². The quantitative estimate of drug-likeness (QED) is 0.740. The summed E-state index contributed by atoms with van der Waals surface area (Å²) in [4.78, 5) is 1.81. The Labute approximate surface area is 108 Å². The molecule has 0 spiro atoms. The summed E-state index contributed by atoms with van der Waals surface area (Å²) < 4.78 is 15.9. The lowest BCUT2D eigenvalue weighted by Gasteiger charge is -2.17. The maximum atomic E-state index is 8.99. The van der Waals surface area contributed by atoms with Crippen molar-refractivity contribution in [3.63, 3.8) is 0 Å². The third kappa shape index (κ3) is 3.51. The molecule has 0 aliphatic rings. The largest absolute Gasteiger partial charge is 0.496 e. The van der Waals surface area contributed by atoms with E-state index in [1.165, 1.54) is 0 Å². The summed E-state index contributed by atoms with van der Waals surface area (Å²) in [6.45, 7) is 0.746. The van der Waals surface area contributed by atoms with Crippen LogP contribution in [0.25, 0.3) is 0 Å². The zero-order valence-electron chi connectivity index (χ0n) is 11.4. The molecule has 0 heterocycles. The van der Waals surface area contributed by atoms with Gasteiger partial charge in [-0.3, -0.25) is 4.90 Å². The number of methoxy groups -OCH3 is 3. The molecule has 0 unspecified atom stereocenters. The molecule has 0 atom stereocenters. The molecule has 0 amide bonds. The molecule has 0 saturated carbocycles. The Hall–Kier alpha value is -1.46. The minimum absolute atomic E-state index is 0.0286. The zero-order chi connectivity index (χ0) is 13.5. The fourth-order valence-corrected chi connectivity index (χ4v) is 1.70. The number of ether oxygens (including phenoxy) is 3. The molecular formula is C13H21NO4. The smallest absolute Gasteiger partial charge is 0.129 e. The minimum Gasteiger partial charge on any atom is -0.496 e. The Morgan fingerprint density at radius 3 is 2.00 bits per heavy atom. The van der Waals surface area contributed by atoms with E-state index in [1.54, 1.807) is 21.3 Å². The van der Waals surface area contributed by atoms with E-state index in [-0.39, 0.29) is 6.73 Å². The van der Waals surface area contributed by atoms with Gasteiger partial charge >= 0.3 is 0 Å². The van der Waals surface area contributed by atoms with Crippen molar-refractivity contribution >= 4 is 0 Å². The first kappa shape index (κ1) is 14.6. The van der Waals surface area contributed by atoms with Crippen molar-refractivity contribution < 1.29 is 19.3 Å². The van der Waals surface area contributed by atoms with Gasteiger partial charge in [0.1, 0.15) is 17.2 Å². The predicted octanol–water partition coefficient (Wildman–Crippen LogP) is 1.14. The van der Waals surface area contributed by atoms with Crippen LogP contribution in [0.1, 0.15) is 5.56 Å². The van der Waals surface area contributed by atoms with Gasteiger partial charge < -0.3 is 19.3 Å². The lowest BCUT2D eigenvalue weighted by atomic mass is 10.1. The van der Waals surface area contributed by atoms with Crippen molar-refractivity contribution in [2.75, 3.05) is 41.7 Å². The molecule has 1 N–H and O–H groups in total. The monoisotopic (exact) mass is 255 g/mol. The standard InChI is InChI=1S/C13H21NO4/c1-14(9-15)6-5-11-12(17-3)7-10(16-2)8-13(11)18-4/h7-8,15H,5-6,9H2,1-4H3. The Kier molecular flexibility index (Phi) is 5.74. The van der Waals surface area contributed by atoms with Crippen LogP contribution in [0.5, 0.6) is 17.2 Å². The van der Waals surface area contributed by atoms with E-state index in [1.807, 2.05) is 24.1 Å². The predicted molar refractivity (Wildman–Crippen MR) is 69.5 cm³/mol. The number of aliphatic hydroxyl groups excluding tert-OH is 1. The molecular weight excluding hydrogens is 234 g/mol. The molecule has 5 nitrogen and oxygen atoms in total. The van der Waals surface area contributed by atoms with E-state index < -0.39 is 0 Å². The Morgan fingerprint density at radius 1 is 1.06 bits per heavy atom. The van der Waals surface area contributed by atoms with Crippen LogP contribution >= 0.6 is 0 Å². The van der Waals surface area contributed by atoms with Crippen molar-refractivity contribution in [3.05, 3.63) is 17.7 Å². The normalized spacial score (nSPS) is 10.6. The van der Waals surface area contributed by atoms with E-state index in [0.29, 0.717) is 5.75 Å². The van der Waals surface area contributed by atoms with Crippen LogP contribution in [0.15, 0.2) is 12.1 Å². The van der Waals surface area contributed by atoms with E-state index >= 15 is 0 Å². The highest BCUT2D eigenvalue weighted by Crippen LogP contribution is 2.34. The summed E-state index contributed by atoms with van der Waals surface area (Å²) >= 11 is 0. The van der Waals surface area contributed by atoms with Crippen LogP contribution in [-0.2, 0) is 6.42 Å². The zero-order valence-corrected chi connectivity index (χ0v) is 11.4. The lowest BCUT2D eigenvalue weighted by molar-refractivity contribution is 0.133. The van der Waals surface area contributed by atoms with Crippen LogP contribution in [0, 0.1) is 0 Å². The molecule has 1 aromatic rings. The number of hydrogen-bond donors (Lipinski definition) is 1. The number of nitrogens with zero attached hydrogens (tertiary/aromatic N) is 1. The van der Waals surface area contributed by atoms with Crippen molar-refractivity contribution in [3.8, 4) is 17.2 Å². The van der Waals surface area contributed by atoms with Crippen LogP contribution < -0.4 is 14.2 Å². The summed E-state index contributed by atoms with van der Waals surface area (Å²) in [5.41, 5.74) is 0.973. The molecule has 5 heteroatoms. The van der Waals surface area contributed by atoms with Crippen LogP contribution in [0.4, 0.5) is 0 Å². The fourth-order valence-electron chi connectivity index (χ4n) is 1.70. The Bertz CT molecular complexity index is 356. The average Bonchev–Trinajstić information content (AvgIpc) is 2.43. The molecule has 1 rings (SSSR count). The highest BCUT2D eigenvalue weighted by molar-refractivity contribution is 5.50. The molecule has 0 aliphatic carbocycles. The minimum atomic E-state index is 0.0286. The molecule has 0 aliphatic heterocycles. The lowest BCUT2D eigenvalue weighted by Crippen LogP contribution is -2.22. The third-order valence-corrected chi connectivity index (χ3v) is 2.80. The van der Waals surface area contributed by atoms with Gasteiger partial charge in [0.05, 0.1) is 28.1 Å². The molecule has 1 aromatic carbocycles. The molecule has 18 heavy (non-hydrogen) atoms. The van der Waals surface area contributed by atoms with Crippen molar-refractivity contribution in [1.29, 1.82) is 0 Å². The van der Waals surface area contributed by atoms with Crippen LogP contribution in [0.2, 0.25) is 0 Å². The molecule has 0 saturated heterocycles. The molecule has 0 fully saturated rings. The first-order valence-corrected chi connectivity index (χ1v) is 5.74. The van der Waals surface area contributed by atoms with Gasteiger partial charge in [-0.25, -0.2) is 0 Å². The summed E-state index contributed by atoms with van der Waals surface area (Å²) in [5.74, 6) is 2.16. The van der Waals surface area contributed by atoms with Gasteiger partial charge in [-0.15, -0.1) is 0 Å². The highest BCUT2D eigenvalue weighted by Gasteiger charge is 2.13. The number of hydrogen-bond acceptors (Lipinski definition) is 5. The van der Waals surface area contributed by atoms with Crippen molar-refractivity contribution in [2.24, 2.45) is 0 Å². The number of rotatable bonds is 7. The Morgan fingerprint density at radius 2 is 1.61 bits per heavy atom. The Balaban J connectivity index is 2.99. The molecule has 0 radical (unpaired) electrons. The molecule has 0 bridgehead atoms. The number of benzene rings is 1. The SMILES string of the molecule is COc1cc(OC)c(CCN(C)CO)c(OC)c1. The third-order valence-electron chi connectivity index (χ3n) is 2.80. The van der Waals surface area contributed by atoms with Crippen LogP contribution in [-0.4, -0.2) is 51.7 Å². The van der Waals surface area contributed by atoms with E-state index in [9.17, 15) is 0 Å². The second kappa shape index (κ2) is 7.08. The average molecular weight is 255 g/mol. The van der Waals surface area contributed by atoms with Gasteiger partial charge in [-0.2, -0.15) is 0 Å². The number of likely N-dealkylation sites (N-methyl/N-ethyl adjacent to an activating group) is 1. The maximum absolute atomic E-state index is 8.99. The summed E-state index contributed by atoms with van der Waals surface area (Å²) in [7, 11) is 6.69. The van der Waals surface area contributed by atoms with E-state index in [0.717, 1.165) is 30.0 Å². The van der Waals surface area contributed by atoms with E-state index in [2.05, 4.69) is 0 Å². The van der Waals surface area contributed by atoms with E-state index in [4.69, 9.17) is 19.3 Å². The van der Waals surface area contributed by atoms with Crippen LogP contribution in [0.3, 0.4) is 0 Å². The second-order valence-corrected chi connectivity index (χ2v) is 3.98. The second-order valence-electron chi connectivity index (χ2n) is 3.98. The van der Waals surface area contributed by atoms with Gasteiger partial charge in [0.25, 0.3) is 0 Å². The topological polar surface area (TPSA) is 51.2 Å². The van der Waals surface area contributed by atoms with Crippen molar-refractivity contribution in [2.45, 2.75) is 6.42 Å². The fraction of sp³-hybridized carbons (Fsp3) is 0.538. The molecule has 0 aromatic heterocycles. The van der Waals surface area contributed by atoms with Gasteiger partial charge in [-0.1, -0.05) is 0 Å². The summed E-state index contributed by atoms with van der Waals surface area (Å²) in [6.07, 6.45) is 0.730. The summed E-state index contributed by atoms with van der Waals surface area (Å²) in [6, 6.07) is 3.66. The van der Waals surface area contributed by atoms with Gasteiger partial charge in [-0.05, 0) is 13.5 Å². The first-order valence-electron chi connectivity index (χ1n) is 5.74. The number of aliphatic hydroxyl groups is 1. The van der Waals surface area contributed by atoms with Gasteiger partial charge in [0.2, 0.25) is 0 Å². The highest BCUT2D eigenvalue weighted by atomic mass is 16.5. The first-order chi connectivity index (χ1) is 8.65. The summed E-state index contributed by atoms with van der Waals surface area (Å²) in [5, 5.41) is 8.99. The van der Waals surface area contributed by atoms with Gasteiger partial charge in [0.15, 0.2) is 0 Å².